The van der Waals surface area contributed by atoms with Gasteiger partial charge in [0.15, 0.2) is 0 Å². The summed E-state index contributed by atoms with van der Waals surface area (Å²) in [6, 6.07) is 0. The summed E-state index contributed by atoms with van der Waals surface area (Å²) in [6.45, 7) is 6.63. The zero-order chi connectivity index (χ0) is 8.53. The second kappa shape index (κ2) is 7.54. The summed E-state index contributed by atoms with van der Waals surface area (Å²) in [7, 11) is 0. The van der Waals surface area contributed by atoms with Crippen molar-refractivity contribution in [2.75, 3.05) is 19.6 Å². The molecule has 0 bridgehead atoms. The fourth-order valence-electron chi connectivity index (χ4n) is 0.717. The predicted molar refractivity (Wildman–Crippen MR) is 46.5 cm³/mol. The van der Waals surface area contributed by atoms with Crippen molar-refractivity contribution in [1.29, 1.82) is 0 Å². The molecule has 0 fully saturated rings. The molecule has 0 aliphatic heterocycles. The van der Waals surface area contributed by atoms with Crippen molar-refractivity contribution in [1.82, 2.24) is 10.6 Å². The maximum absolute atomic E-state index is 10.7. The van der Waals surface area contributed by atoms with Gasteiger partial charge in [-0.1, -0.05) is 13.8 Å². The van der Waals surface area contributed by atoms with Crippen LogP contribution < -0.4 is 10.6 Å². The van der Waals surface area contributed by atoms with Crippen LogP contribution in [0.2, 0.25) is 0 Å². The number of hydrogen-bond donors (Lipinski definition) is 2. The molecule has 11 heavy (non-hydrogen) atoms. The standard InChI is InChI=1S/C8H18N2O/c1-3-5-9-6-7-10-8(11)4-2/h9H,3-7H2,1-2H3,(H,10,11). The third kappa shape index (κ3) is 7.33. The lowest BCUT2D eigenvalue weighted by Crippen LogP contribution is -2.31. The van der Waals surface area contributed by atoms with Gasteiger partial charge in [-0.05, 0) is 13.0 Å². The van der Waals surface area contributed by atoms with E-state index in [1.54, 1.807) is 0 Å². The van der Waals surface area contributed by atoms with E-state index in [-0.39, 0.29) is 5.91 Å². The second-order valence-electron chi connectivity index (χ2n) is 2.45. The van der Waals surface area contributed by atoms with Gasteiger partial charge in [-0.15, -0.1) is 0 Å². The minimum atomic E-state index is 0.128. The third-order valence-electron chi connectivity index (χ3n) is 1.37. The molecule has 0 aromatic carbocycles. The minimum absolute atomic E-state index is 0.128. The molecule has 0 atom stereocenters. The monoisotopic (exact) mass is 158 g/mol. The Hall–Kier alpha value is -0.570. The Morgan fingerprint density at radius 2 is 1.91 bits per heavy atom. The molecule has 66 valence electrons. The lowest BCUT2D eigenvalue weighted by Gasteiger charge is -2.03. The highest BCUT2D eigenvalue weighted by atomic mass is 16.1. The second-order valence-corrected chi connectivity index (χ2v) is 2.45. The summed E-state index contributed by atoms with van der Waals surface area (Å²) in [5.74, 6) is 0.128. The van der Waals surface area contributed by atoms with Crippen molar-refractivity contribution in [2.24, 2.45) is 0 Å². The van der Waals surface area contributed by atoms with Crippen LogP contribution in [-0.4, -0.2) is 25.5 Å². The molecule has 0 aliphatic carbocycles. The first-order valence-corrected chi connectivity index (χ1v) is 4.28. The Kier molecular flexibility index (Phi) is 7.15. The first-order valence-electron chi connectivity index (χ1n) is 4.28. The molecule has 0 saturated carbocycles. The molecule has 0 aromatic rings. The largest absolute Gasteiger partial charge is 0.355 e. The Morgan fingerprint density at radius 1 is 1.18 bits per heavy atom. The number of hydrogen-bond acceptors (Lipinski definition) is 2. The molecule has 0 aliphatic rings. The van der Waals surface area contributed by atoms with Gasteiger partial charge in [0.25, 0.3) is 0 Å². The summed E-state index contributed by atoms with van der Waals surface area (Å²) in [6.07, 6.45) is 1.72. The number of carbonyl (C=O) groups excluding carboxylic acids is 1. The topological polar surface area (TPSA) is 41.1 Å². The molecule has 0 unspecified atom stereocenters. The summed E-state index contributed by atoms with van der Waals surface area (Å²) < 4.78 is 0. The summed E-state index contributed by atoms with van der Waals surface area (Å²) in [4.78, 5) is 10.7. The Morgan fingerprint density at radius 3 is 2.45 bits per heavy atom. The van der Waals surface area contributed by atoms with Crippen molar-refractivity contribution in [2.45, 2.75) is 26.7 Å². The quantitative estimate of drug-likeness (QED) is 0.553. The molecule has 0 spiro atoms. The average Bonchev–Trinajstić information content (AvgIpc) is 2.04. The Balaban J connectivity index is 2.95. The SMILES string of the molecule is CCCNCCNC(=O)CC. The molecule has 0 heterocycles. The van der Waals surface area contributed by atoms with E-state index < -0.39 is 0 Å². The van der Waals surface area contributed by atoms with E-state index in [0.717, 1.165) is 26.1 Å². The first kappa shape index (κ1) is 10.4. The van der Waals surface area contributed by atoms with E-state index in [4.69, 9.17) is 0 Å². The average molecular weight is 158 g/mol. The maximum atomic E-state index is 10.7. The molecule has 3 nitrogen and oxygen atoms in total. The van der Waals surface area contributed by atoms with E-state index in [1.165, 1.54) is 0 Å². The number of nitrogens with one attached hydrogen (secondary N) is 2. The highest BCUT2D eigenvalue weighted by molar-refractivity contribution is 5.75. The highest BCUT2D eigenvalue weighted by Gasteiger charge is 1.92. The summed E-state index contributed by atoms with van der Waals surface area (Å²) in [5, 5.41) is 5.99. The van der Waals surface area contributed by atoms with Crippen LogP contribution in [0.3, 0.4) is 0 Å². The first-order chi connectivity index (χ1) is 5.31. The fraction of sp³-hybridized carbons (Fsp3) is 0.875. The van der Waals surface area contributed by atoms with Crippen molar-refractivity contribution < 1.29 is 4.79 Å². The van der Waals surface area contributed by atoms with Gasteiger partial charge in [-0.25, -0.2) is 0 Å². The van der Waals surface area contributed by atoms with Gasteiger partial charge in [0.2, 0.25) is 5.91 Å². The molecule has 0 aromatic heterocycles. The van der Waals surface area contributed by atoms with Crippen molar-refractivity contribution >= 4 is 5.91 Å². The lowest BCUT2D eigenvalue weighted by atomic mass is 10.4. The van der Waals surface area contributed by atoms with Gasteiger partial charge in [-0.2, -0.15) is 0 Å². The van der Waals surface area contributed by atoms with Crippen LogP contribution in [0.1, 0.15) is 26.7 Å². The van der Waals surface area contributed by atoms with Crippen LogP contribution >= 0.6 is 0 Å². The van der Waals surface area contributed by atoms with E-state index in [1.807, 2.05) is 6.92 Å². The zero-order valence-corrected chi connectivity index (χ0v) is 7.44. The Labute approximate surface area is 68.6 Å². The minimum Gasteiger partial charge on any atom is -0.355 e. The maximum Gasteiger partial charge on any atom is 0.219 e. The van der Waals surface area contributed by atoms with Gasteiger partial charge in [0.05, 0.1) is 0 Å². The van der Waals surface area contributed by atoms with E-state index in [9.17, 15) is 4.79 Å². The fourth-order valence-corrected chi connectivity index (χ4v) is 0.717. The molecule has 1 amide bonds. The Bertz CT molecular complexity index is 104. The normalized spacial score (nSPS) is 9.64. The summed E-state index contributed by atoms with van der Waals surface area (Å²) >= 11 is 0. The van der Waals surface area contributed by atoms with Gasteiger partial charge < -0.3 is 10.6 Å². The molecule has 0 rings (SSSR count). The summed E-state index contributed by atoms with van der Waals surface area (Å²) in [5.41, 5.74) is 0. The van der Waals surface area contributed by atoms with Crippen LogP contribution in [0.15, 0.2) is 0 Å². The molecule has 3 heteroatoms. The van der Waals surface area contributed by atoms with Gasteiger partial charge in [0.1, 0.15) is 0 Å². The van der Waals surface area contributed by atoms with E-state index in [0.29, 0.717) is 6.42 Å². The van der Waals surface area contributed by atoms with Gasteiger partial charge >= 0.3 is 0 Å². The third-order valence-corrected chi connectivity index (χ3v) is 1.37. The van der Waals surface area contributed by atoms with Crippen LogP contribution in [0.25, 0.3) is 0 Å². The smallest absolute Gasteiger partial charge is 0.219 e. The van der Waals surface area contributed by atoms with Crippen molar-refractivity contribution in [3.05, 3.63) is 0 Å². The molecule has 0 saturated heterocycles. The van der Waals surface area contributed by atoms with Crippen LogP contribution in [0, 0.1) is 0 Å². The van der Waals surface area contributed by atoms with Gasteiger partial charge in [-0.3, -0.25) is 4.79 Å². The lowest BCUT2D eigenvalue weighted by molar-refractivity contribution is -0.120. The van der Waals surface area contributed by atoms with Crippen LogP contribution in [-0.2, 0) is 4.79 Å². The number of amides is 1. The van der Waals surface area contributed by atoms with Crippen LogP contribution in [0.4, 0.5) is 0 Å². The number of rotatable bonds is 6. The van der Waals surface area contributed by atoms with E-state index in [2.05, 4.69) is 17.6 Å². The van der Waals surface area contributed by atoms with Gasteiger partial charge in [0, 0.05) is 19.5 Å². The number of carbonyl (C=O) groups is 1. The molecular formula is C8H18N2O. The van der Waals surface area contributed by atoms with E-state index >= 15 is 0 Å². The molecular weight excluding hydrogens is 140 g/mol. The zero-order valence-electron chi connectivity index (χ0n) is 7.44. The van der Waals surface area contributed by atoms with Crippen LogP contribution in [0.5, 0.6) is 0 Å². The predicted octanol–water partition coefficient (Wildman–Crippen LogP) is 0.512. The van der Waals surface area contributed by atoms with Crippen molar-refractivity contribution in [3.63, 3.8) is 0 Å². The van der Waals surface area contributed by atoms with Crippen molar-refractivity contribution in [3.8, 4) is 0 Å². The highest BCUT2D eigenvalue weighted by Crippen LogP contribution is 1.73. The molecule has 2 N–H and O–H groups in total. The molecule has 0 radical (unpaired) electrons.